The number of nitrogens with zero attached hydrogens (tertiary/aromatic N) is 3. The first-order valence-corrected chi connectivity index (χ1v) is 6.54. The second-order valence-electron chi connectivity index (χ2n) is 4.16. The monoisotopic (exact) mass is 306 g/mol. The van der Waals surface area contributed by atoms with E-state index in [2.05, 4.69) is 43.1 Å². The molecule has 94 valence electrons. The van der Waals surface area contributed by atoms with Gasteiger partial charge in [0.1, 0.15) is 4.60 Å². The van der Waals surface area contributed by atoms with Crippen LogP contribution in [0.25, 0.3) is 0 Å². The SMILES string of the molecule is Cc1nc(Br)ccc1NC(C)c1nccnc1C. The molecule has 18 heavy (non-hydrogen) atoms. The highest BCUT2D eigenvalue weighted by atomic mass is 79.9. The number of hydrogen-bond donors (Lipinski definition) is 1. The summed E-state index contributed by atoms with van der Waals surface area (Å²) in [4.78, 5) is 13.0. The molecule has 0 bridgehead atoms. The first-order valence-electron chi connectivity index (χ1n) is 5.75. The van der Waals surface area contributed by atoms with Gasteiger partial charge in [-0.15, -0.1) is 0 Å². The molecule has 2 aromatic heterocycles. The van der Waals surface area contributed by atoms with E-state index in [-0.39, 0.29) is 6.04 Å². The van der Waals surface area contributed by atoms with Crippen molar-refractivity contribution in [1.82, 2.24) is 15.0 Å². The Bertz CT molecular complexity index is 556. The molecule has 4 nitrogen and oxygen atoms in total. The highest BCUT2D eigenvalue weighted by Gasteiger charge is 2.11. The van der Waals surface area contributed by atoms with Crippen LogP contribution in [0.5, 0.6) is 0 Å². The van der Waals surface area contributed by atoms with Gasteiger partial charge in [-0.05, 0) is 48.8 Å². The number of hydrogen-bond acceptors (Lipinski definition) is 4. The fraction of sp³-hybridized carbons (Fsp3) is 0.308. The molecule has 2 aromatic rings. The quantitative estimate of drug-likeness (QED) is 0.883. The molecule has 0 spiro atoms. The average molecular weight is 307 g/mol. The van der Waals surface area contributed by atoms with Crippen LogP contribution in [0.15, 0.2) is 29.1 Å². The van der Waals surface area contributed by atoms with E-state index < -0.39 is 0 Å². The van der Waals surface area contributed by atoms with Gasteiger partial charge >= 0.3 is 0 Å². The Morgan fingerprint density at radius 3 is 2.50 bits per heavy atom. The molecule has 0 aliphatic rings. The third-order valence-corrected chi connectivity index (χ3v) is 3.19. The summed E-state index contributed by atoms with van der Waals surface area (Å²) in [5.41, 5.74) is 3.87. The Morgan fingerprint density at radius 1 is 1.11 bits per heavy atom. The van der Waals surface area contributed by atoms with Crippen molar-refractivity contribution in [3.05, 3.63) is 46.2 Å². The summed E-state index contributed by atoms with van der Waals surface area (Å²) in [6, 6.07) is 4.03. The van der Waals surface area contributed by atoms with E-state index >= 15 is 0 Å². The summed E-state index contributed by atoms with van der Waals surface area (Å²) >= 11 is 3.36. The zero-order valence-corrected chi connectivity index (χ0v) is 12.2. The molecule has 0 aromatic carbocycles. The van der Waals surface area contributed by atoms with Gasteiger partial charge in [-0.25, -0.2) is 4.98 Å². The van der Waals surface area contributed by atoms with Crippen molar-refractivity contribution in [3.8, 4) is 0 Å². The van der Waals surface area contributed by atoms with E-state index in [4.69, 9.17) is 0 Å². The van der Waals surface area contributed by atoms with Crippen molar-refractivity contribution < 1.29 is 0 Å². The lowest BCUT2D eigenvalue weighted by Gasteiger charge is -2.17. The predicted octanol–water partition coefficient (Wildman–Crippen LogP) is 3.42. The number of pyridine rings is 1. The summed E-state index contributed by atoms with van der Waals surface area (Å²) in [5, 5.41) is 3.41. The third kappa shape index (κ3) is 2.85. The summed E-state index contributed by atoms with van der Waals surface area (Å²) in [6.07, 6.45) is 3.42. The molecule has 1 N–H and O–H groups in total. The molecular formula is C13H15BrN4. The van der Waals surface area contributed by atoms with Crippen molar-refractivity contribution in [2.75, 3.05) is 5.32 Å². The van der Waals surface area contributed by atoms with E-state index in [9.17, 15) is 0 Å². The molecule has 0 aliphatic carbocycles. The fourth-order valence-electron chi connectivity index (χ4n) is 1.83. The summed E-state index contributed by atoms with van der Waals surface area (Å²) in [5.74, 6) is 0. The van der Waals surface area contributed by atoms with Gasteiger partial charge in [0, 0.05) is 12.4 Å². The number of aromatic nitrogens is 3. The Hall–Kier alpha value is -1.49. The Morgan fingerprint density at radius 2 is 1.83 bits per heavy atom. The second-order valence-corrected chi connectivity index (χ2v) is 4.97. The van der Waals surface area contributed by atoms with Crippen molar-refractivity contribution >= 4 is 21.6 Å². The standard InChI is InChI=1S/C13H15BrN4/c1-8-11(4-5-12(14)18-8)17-10(3)13-9(2)15-6-7-16-13/h4-7,10,17H,1-3H3. The Kier molecular flexibility index (Phi) is 3.91. The summed E-state index contributed by atoms with van der Waals surface area (Å²) < 4.78 is 0.842. The molecule has 1 atom stereocenters. The largest absolute Gasteiger partial charge is 0.375 e. The Balaban J connectivity index is 2.21. The number of halogens is 1. The van der Waals surface area contributed by atoms with Gasteiger partial charge in [-0.3, -0.25) is 9.97 Å². The molecule has 2 rings (SSSR count). The van der Waals surface area contributed by atoms with Gasteiger partial charge in [0.15, 0.2) is 0 Å². The topological polar surface area (TPSA) is 50.7 Å². The lowest BCUT2D eigenvalue weighted by Crippen LogP contribution is -2.12. The van der Waals surface area contributed by atoms with Gasteiger partial charge in [0.05, 0.1) is 28.8 Å². The van der Waals surface area contributed by atoms with Crippen molar-refractivity contribution in [3.63, 3.8) is 0 Å². The molecular weight excluding hydrogens is 292 g/mol. The minimum atomic E-state index is 0.0976. The molecule has 5 heteroatoms. The first kappa shape index (κ1) is 13.0. The van der Waals surface area contributed by atoms with E-state index in [0.29, 0.717) is 0 Å². The van der Waals surface area contributed by atoms with Crippen LogP contribution < -0.4 is 5.32 Å². The number of nitrogens with one attached hydrogen (secondary N) is 1. The molecule has 2 heterocycles. The van der Waals surface area contributed by atoms with Crippen LogP contribution in [-0.2, 0) is 0 Å². The van der Waals surface area contributed by atoms with Gasteiger partial charge in [-0.1, -0.05) is 0 Å². The maximum atomic E-state index is 4.37. The van der Waals surface area contributed by atoms with Crippen LogP contribution in [0.2, 0.25) is 0 Å². The maximum Gasteiger partial charge on any atom is 0.106 e. The molecule has 0 radical (unpaired) electrons. The number of anilines is 1. The van der Waals surface area contributed by atoms with Crippen LogP contribution in [0.4, 0.5) is 5.69 Å². The third-order valence-electron chi connectivity index (χ3n) is 2.75. The maximum absolute atomic E-state index is 4.37. The van der Waals surface area contributed by atoms with E-state index in [1.54, 1.807) is 12.4 Å². The minimum absolute atomic E-state index is 0.0976. The van der Waals surface area contributed by atoms with Crippen LogP contribution in [0.3, 0.4) is 0 Å². The number of rotatable bonds is 3. The molecule has 0 aliphatic heterocycles. The molecule has 0 fully saturated rings. The smallest absolute Gasteiger partial charge is 0.106 e. The average Bonchev–Trinajstić information content (AvgIpc) is 2.33. The van der Waals surface area contributed by atoms with Crippen molar-refractivity contribution in [2.45, 2.75) is 26.8 Å². The van der Waals surface area contributed by atoms with Gasteiger partial charge in [0.2, 0.25) is 0 Å². The molecule has 1 unspecified atom stereocenters. The van der Waals surface area contributed by atoms with E-state index in [1.165, 1.54) is 0 Å². The van der Waals surface area contributed by atoms with Crippen molar-refractivity contribution in [1.29, 1.82) is 0 Å². The van der Waals surface area contributed by atoms with E-state index in [0.717, 1.165) is 27.4 Å². The normalized spacial score (nSPS) is 12.2. The van der Waals surface area contributed by atoms with Crippen LogP contribution in [0, 0.1) is 13.8 Å². The minimum Gasteiger partial charge on any atom is -0.375 e. The van der Waals surface area contributed by atoms with Crippen LogP contribution in [-0.4, -0.2) is 15.0 Å². The summed E-state index contributed by atoms with van der Waals surface area (Å²) in [6.45, 7) is 6.01. The second kappa shape index (κ2) is 5.44. The molecule has 0 saturated carbocycles. The fourth-order valence-corrected chi connectivity index (χ4v) is 2.23. The first-order chi connectivity index (χ1) is 8.58. The van der Waals surface area contributed by atoms with E-state index in [1.807, 2.05) is 26.0 Å². The summed E-state index contributed by atoms with van der Waals surface area (Å²) in [7, 11) is 0. The lowest BCUT2D eigenvalue weighted by atomic mass is 10.1. The van der Waals surface area contributed by atoms with Gasteiger partial charge in [-0.2, -0.15) is 0 Å². The highest BCUT2D eigenvalue weighted by molar-refractivity contribution is 9.10. The zero-order chi connectivity index (χ0) is 13.1. The highest BCUT2D eigenvalue weighted by Crippen LogP contribution is 2.22. The predicted molar refractivity (Wildman–Crippen MR) is 75.5 cm³/mol. The van der Waals surface area contributed by atoms with Crippen LogP contribution in [0.1, 0.15) is 30.0 Å². The van der Waals surface area contributed by atoms with Crippen LogP contribution >= 0.6 is 15.9 Å². The zero-order valence-electron chi connectivity index (χ0n) is 10.6. The number of aryl methyl sites for hydroxylation is 2. The van der Waals surface area contributed by atoms with Gasteiger partial charge < -0.3 is 5.32 Å². The van der Waals surface area contributed by atoms with Gasteiger partial charge in [0.25, 0.3) is 0 Å². The molecule has 0 saturated heterocycles. The van der Waals surface area contributed by atoms with Crippen molar-refractivity contribution in [2.24, 2.45) is 0 Å². The lowest BCUT2D eigenvalue weighted by molar-refractivity contribution is 0.807. The molecule has 0 amide bonds. The Labute approximate surface area is 115 Å².